The second-order valence-electron chi connectivity index (χ2n) is 9.26. The number of sulfonamides is 1. The molecular weight excluding hydrogens is 576 g/mol. The molecule has 0 aromatic heterocycles. The summed E-state index contributed by atoms with van der Waals surface area (Å²) in [7, 11) is -2.54. The number of carbonyl (C=O) groups excluding carboxylic acids is 1. The van der Waals surface area contributed by atoms with E-state index in [4.69, 9.17) is 16.3 Å². The molecule has 212 valence electrons. The zero-order valence-corrected chi connectivity index (χ0v) is 24.1. The predicted molar refractivity (Wildman–Crippen MR) is 164 cm³/mol. The van der Waals surface area contributed by atoms with Crippen molar-refractivity contribution in [1.29, 1.82) is 0 Å². The Balaban J connectivity index is 1.55. The van der Waals surface area contributed by atoms with E-state index in [9.17, 15) is 18.3 Å². The Morgan fingerprint density at radius 3 is 2.40 bits per heavy atom. The molecule has 0 saturated carbocycles. The van der Waals surface area contributed by atoms with Crippen molar-refractivity contribution in [2.75, 3.05) is 17.1 Å². The molecule has 0 unspecified atom stereocenters. The van der Waals surface area contributed by atoms with Crippen LogP contribution in [0.2, 0.25) is 5.02 Å². The van der Waals surface area contributed by atoms with Crippen molar-refractivity contribution in [1.82, 2.24) is 0 Å². The summed E-state index contributed by atoms with van der Waals surface area (Å²) in [5.74, 6) is -0.715. The summed E-state index contributed by atoms with van der Waals surface area (Å²) in [4.78, 5) is 13.2. The molecule has 0 spiro atoms. The predicted octanol–water partition coefficient (Wildman–Crippen LogP) is 7.98. The Kier molecular flexibility index (Phi) is 8.10. The average molecular weight is 601 g/mol. The first-order valence-electron chi connectivity index (χ1n) is 12.7. The van der Waals surface area contributed by atoms with Crippen LogP contribution in [0.4, 0.5) is 22.7 Å². The van der Waals surface area contributed by atoms with Gasteiger partial charge in [0.1, 0.15) is 17.1 Å². The summed E-state index contributed by atoms with van der Waals surface area (Å²) in [6.07, 6.45) is 0. The molecule has 5 rings (SSSR count). The lowest BCUT2D eigenvalue weighted by molar-refractivity contribution is 0.102. The molecule has 0 fully saturated rings. The van der Waals surface area contributed by atoms with Crippen LogP contribution in [0.1, 0.15) is 15.9 Å². The minimum absolute atomic E-state index is 0.0267. The van der Waals surface area contributed by atoms with E-state index in [1.807, 2.05) is 6.92 Å². The van der Waals surface area contributed by atoms with Gasteiger partial charge >= 0.3 is 0 Å². The molecule has 0 aliphatic rings. The van der Waals surface area contributed by atoms with E-state index in [0.29, 0.717) is 27.2 Å². The number of aryl methyl sites for hydroxylation is 1. The van der Waals surface area contributed by atoms with Crippen molar-refractivity contribution >= 4 is 61.1 Å². The van der Waals surface area contributed by atoms with Gasteiger partial charge in [-0.25, -0.2) is 8.42 Å². The van der Waals surface area contributed by atoms with Gasteiger partial charge in [-0.3, -0.25) is 9.52 Å². The molecule has 0 bridgehead atoms. The maximum atomic E-state index is 13.3. The number of para-hydroxylation sites is 1. The summed E-state index contributed by atoms with van der Waals surface area (Å²) in [5, 5.41) is 24.2. The van der Waals surface area contributed by atoms with Crippen LogP contribution in [0.25, 0.3) is 10.8 Å². The Bertz CT molecular complexity index is 1950. The minimum atomic E-state index is -3.96. The number of carbonyl (C=O) groups is 1. The van der Waals surface area contributed by atoms with Crippen molar-refractivity contribution < 1.29 is 23.1 Å². The van der Waals surface area contributed by atoms with E-state index in [2.05, 4.69) is 20.3 Å². The first kappa shape index (κ1) is 28.6. The second kappa shape index (κ2) is 11.9. The fraction of sp³-hybridized carbons (Fsp3) is 0.0645. The highest BCUT2D eigenvalue weighted by Crippen LogP contribution is 2.41. The molecule has 0 heterocycles. The Morgan fingerprint density at radius 2 is 1.64 bits per heavy atom. The lowest BCUT2D eigenvalue weighted by Crippen LogP contribution is -2.13. The number of rotatable bonds is 8. The van der Waals surface area contributed by atoms with Gasteiger partial charge < -0.3 is 15.2 Å². The summed E-state index contributed by atoms with van der Waals surface area (Å²) in [5.41, 5.74) is 1.78. The molecule has 5 aromatic rings. The van der Waals surface area contributed by atoms with Crippen molar-refractivity contribution in [3.63, 3.8) is 0 Å². The highest BCUT2D eigenvalue weighted by atomic mass is 35.5. The van der Waals surface area contributed by atoms with Crippen LogP contribution in [0, 0.1) is 6.92 Å². The lowest BCUT2D eigenvalue weighted by Gasteiger charge is -2.13. The average Bonchev–Trinajstić information content (AvgIpc) is 2.98. The first-order chi connectivity index (χ1) is 20.2. The first-order valence-corrected chi connectivity index (χ1v) is 14.5. The van der Waals surface area contributed by atoms with Gasteiger partial charge in [0.2, 0.25) is 0 Å². The molecule has 0 radical (unpaired) electrons. The summed E-state index contributed by atoms with van der Waals surface area (Å²) < 4.78 is 34.0. The van der Waals surface area contributed by atoms with Crippen molar-refractivity contribution in [2.24, 2.45) is 10.2 Å². The van der Waals surface area contributed by atoms with Crippen LogP contribution in [0.15, 0.2) is 112 Å². The van der Waals surface area contributed by atoms with Crippen LogP contribution in [0.5, 0.6) is 11.5 Å². The number of amides is 1. The maximum absolute atomic E-state index is 13.3. The Labute approximate surface area is 247 Å². The highest BCUT2D eigenvalue weighted by molar-refractivity contribution is 7.92. The minimum Gasteiger partial charge on any atom is -0.505 e. The number of ether oxygens (including phenoxy) is 1. The third-order valence-corrected chi connectivity index (χ3v) is 8.05. The normalized spacial score (nSPS) is 11.5. The quantitative estimate of drug-likeness (QED) is 0.155. The number of hydrogen-bond donors (Lipinski definition) is 3. The van der Waals surface area contributed by atoms with Crippen LogP contribution in [-0.2, 0) is 10.0 Å². The van der Waals surface area contributed by atoms with Crippen LogP contribution in [-0.4, -0.2) is 26.5 Å². The smallest absolute Gasteiger partial charge is 0.261 e. The summed E-state index contributed by atoms with van der Waals surface area (Å²) in [6.45, 7) is 1.82. The number of azo groups is 1. The Morgan fingerprint density at radius 1 is 0.905 bits per heavy atom. The van der Waals surface area contributed by atoms with E-state index in [0.717, 1.165) is 5.56 Å². The zero-order valence-electron chi connectivity index (χ0n) is 22.5. The van der Waals surface area contributed by atoms with Crippen LogP contribution >= 0.6 is 11.6 Å². The zero-order chi connectivity index (χ0) is 29.9. The summed E-state index contributed by atoms with van der Waals surface area (Å²) in [6, 6.07) is 26.4. The number of benzene rings is 5. The van der Waals surface area contributed by atoms with Crippen molar-refractivity contribution in [2.45, 2.75) is 11.8 Å². The van der Waals surface area contributed by atoms with Crippen LogP contribution in [0.3, 0.4) is 0 Å². The molecule has 3 N–H and O–H groups in total. The fourth-order valence-electron chi connectivity index (χ4n) is 4.25. The number of anilines is 2. The largest absolute Gasteiger partial charge is 0.505 e. The number of methoxy groups -OCH3 is 1. The van der Waals surface area contributed by atoms with E-state index >= 15 is 0 Å². The van der Waals surface area contributed by atoms with Gasteiger partial charge in [0.25, 0.3) is 15.9 Å². The van der Waals surface area contributed by atoms with Crippen LogP contribution < -0.4 is 14.8 Å². The highest BCUT2D eigenvalue weighted by Gasteiger charge is 2.20. The summed E-state index contributed by atoms with van der Waals surface area (Å²) >= 11 is 6.10. The lowest BCUT2D eigenvalue weighted by atomic mass is 10.0. The molecule has 0 aliphatic heterocycles. The van der Waals surface area contributed by atoms with Gasteiger partial charge in [0.05, 0.1) is 17.6 Å². The molecule has 42 heavy (non-hydrogen) atoms. The van der Waals surface area contributed by atoms with E-state index in [-0.39, 0.29) is 27.6 Å². The number of phenolic OH excluding ortho intramolecular Hbond substituents is 1. The number of fused-ring (bicyclic) bond motifs is 1. The number of hydrogen-bond acceptors (Lipinski definition) is 7. The molecule has 9 nitrogen and oxygen atoms in total. The fourth-order valence-corrected chi connectivity index (χ4v) is 5.50. The third kappa shape index (κ3) is 6.04. The number of phenols is 1. The van der Waals surface area contributed by atoms with Gasteiger partial charge in [-0.1, -0.05) is 60.1 Å². The van der Waals surface area contributed by atoms with Gasteiger partial charge in [0, 0.05) is 21.8 Å². The monoisotopic (exact) mass is 600 g/mol. The van der Waals surface area contributed by atoms with Gasteiger partial charge in [-0.05, 0) is 66.4 Å². The molecular formula is C31H25ClN4O5S. The van der Waals surface area contributed by atoms with E-state index in [1.165, 1.54) is 25.3 Å². The van der Waals surface area contributed by atoms with Crippen molar-refractivity contribution in [3.8, 4) is 11.5 Å². The van der Waals surface area contributed by atoms with E-state index in [1.54, 1.807) is 78.9 Å². The number of halogens is 1. The van der Waals surface area contributed by atoms with Gasteiger partial charge in [-0.15, -0.1) is 10.2 Å². The maximum Gasteiger partial charge on any atom is 0.261 e. The van der Waals surface area contributed by atoms with Gasteiger partial charge in [-0.2, -0.15) is 0 Å². The van der Waals surface area contributed by atoms with E-state index < -0.39 is 21.7 Å². The number of nitrogens with one attached hydrogen (secondary N) is 2. The van der Waals surface area contributed by atoms with Gasteiger partial charge in [0.15, 0.2) is 5.75 Å². The standard InChI is InChI=1S/C31H25ClN4O5S/c1-19-12-13-21(32)17-26(19)33-31(38)25-16-20-8-6-7-11-24(20)29(30(25)37)35-34-27-18-23(14-15-28(27)41-2)42(39,40)36-22-9-4-3-5-10-22/h3-18,36-37H,1-2H3,(H,33,38). The molecule has 11 heteroatoms. The number of aromatic hydroxyl groups is 1. The molecule has 1 amide bonds. The second-order valence-corrected chi connectivity index (χ2v) is 11.4. The molecule has 0 atom stereocenters. The molecule has 0 aliphatic carbocycles. The van der Waals surface area contributed by atoms with Crippen molar-refractivity contribution in [3.05, 3.63) is 113 Å². The molecule has 0 saturated heterocycles. The Hall–Kier alpha value is -4.93. The number of nitrogens with zero attached hydrogens (tertiary/aromatic N) is 2. The SMILES string of the molecule is COc1ccc(S(=O)(=O)Nc2ccccc2)cc1N=Nc1c(O)c(C(=O)Nc2cc(Cl)ccc2C)cc2ccccc12. The third-order valence-electron chi connectivity index (χ3n) is 6.43. The topological polar surface area (TPSA) is 129 Å². The molecule has 5 aromatic carbocycles.